The summed E-state index contributed by atoms with van der Waals surface area (Å²) in [4.78, 5) is 2.40. The van der Waals surface area contributed by atoms with E-state index in [0.29, 0.717) is 17.2 Å². The van der Waals surface area contributed by atoms with Crippen LogP contribution in [0.25, 0.3) is 0 Å². The zero-order valence-electron chi connectivity index (χ0n) is 15.8. The Morgan fingerprint density at radius 1 is 1.08 bits per heavy atom. The smallest absolute Gasteiger partial charge is 0.203 e. The number of piperazine rings is 1. The van der Waals surface area contributed by atoms with Gasteiger partial charge in [0.15, 0.2) is 11.5 Å². The van der Waals surface area contributed by atoms with E-state index in [2.05, 4.69) is 24.1 Å². The maximum absolute atomic E-state index is 10.0. The van der Waals surface area contributed by atoms with Crippen LogP contribution in [-0.4, -0.2) is 64.1 Å². The number of ether oxygens (including phenoxy) is 3. The Balaban J connectivity index is 0.00000312. The molecule has 0 amide bonds. The minimum absolute atomic E-state index is 0. The van der Waals surface area contributed by atoms with Gasteiger partial charge < -0.3 is 24.6 Å². The number of nitrogens with zero attached hydrogens (tertiary/aromatic N) is 1. The third-order valence-corrected chi connectivity index (χ3v) is 4.69. The molecule has 7 heteroatoms. The predicted molar refractivity (Wildman–Crippen MR) is 101 cm³/mol. The Kier molecular flexibility index (Phi) is 8.28. The van der Waals surface area contributed by atoms with Crippen LogP contribution in [0.4, 0.5) is 0 Å². The van der Waals surface area contributed by atoms with Crippen molar-refractivity contribution in [3.63, 3.8) is 0 Å². The fraction of sp³-hybridized carbons (Fsp3) is 0.667. The number of benzene rings is 1. The lowest BCUT2D eigenvalue weighted by Gasteiger charge is -2.44. The quantitative estimate of drug-likeness (QED) is 0.762. The van der Waals surface area contributed by atoms with Gasteiger partial charge in [-0.3, -0.25) is 4.90 Å². The normalized spacial score (nSPS) is 16.7. The van der Waals surface area contributed by atoms with Crippen molar-refractivity contribution in [2.75, 3.05) is 54.1 Å². The molecule has 144 valence electrons. The zero-order chi connectivity index (χ0) is 17.7. The third-order valence-electron chi connectivity index (χ3n) is 4.69. The summed E-state index contributed by atoms with van der Waals surface area (Å²) >= 11 is 0. The summed E-state index contributed by atoms with van der Waals surface area (Å²) in [6, 6.07) is 3.93. The molecular weight excluding hydrogens is 344 g/mol. The molecular formula is C18H31ClN2O4. The Morgan fingerprint density at radius 3 is 2.16 bits per heavy atom. The Labute approximate surface area is 156 Å². The first-order chi connectivity index (χ1) is 11.5. The second kappa shape index (κ2) is 9.48. The van der Waals surface area contributed by atoms with Crippen LogP contribution >= 0.6 is 12.4 Å². The summed E-state index contributed by atoms with van der Waals surface area (Å²) in [5.74, 6) is 1.90. The van der Waals surface area contributed by atoms with Gasteiger partial charge in [-0.1, -0.05) is 13.8 Å². The van der Waals surface area contributed by atoms with Gasteiger partial charge in [0, 0.05) is 49.8 Å². The lowest BCUT2D eigenvalue weighted by Crippen LogP contribution is -2.49. The van der Waals surface area contributed by atoms with Crippen LogP contribution in [-0.2, 0) is 0 Å². The van der Waals surface area contributed by atoms with E-state index < -0.39 is 0 Å². The molecule has 0 bridgehead atoms. The Bertz CT molecular complexity index is 548. The number of aliphatic hydroxyl groups is 1. The highest BCUT2D eigenvalue weighted by Crippen LogP contribution is 2.48. The van der Waals surface area contributed by atoms with E-state index >= 15 is 0 Å². The SMILES string of the molecule is COc1ccc([C@@H](N2CCNCC2)C(C)(C)CO)c(OC)c1OC.Cl. The van der Waals surface area contributed by atoms with Gasteiger partial charge in [-0.2, -0.15) is 0 Å². The van der Waals surface area contributed by atoms with Crippen LogP contribution in [0.5, 0.6) is 17.2 Å². The molecule has 0 unspecified atom stereocenters. The van der Waals surface area contributed by atoms with E-state index in [1.54, 1.807) is 21.3 Å². The van der Waals surface area contributed by atoms with E-state index in [9.17, 15) is 5.11 Å². The van der Waals surface area contributed by atoms with Gasteiger partial charge in [0.2, 0.25) is 5.75 Å². The van der Waals surface area contributed by atoms with Crippen LogP contribution in [0.1, 0.15) is 25.5 Å². The van der Waals surface area contributed by atoms with Gasteiger partial charge >= 0.3 is 0 Å². The molecule has 0 aliphatic carbocycles. The number of halogens is 1. The van der Waals surface area contributed by atoms with Gasteiger partial charge in [0.05, 0.1) is 21.3 Å². The number of aliphatic hydroxyl groups excluding tert-OH is 1. The molecule has 1 aromatic carbocycles. The maximum Gasteiger partial charge on any atom is 0.203 e. The number of rotatable bonds is 7. The molecule has 1 fully saturated rings. The van der Waals surface area contributed by atoms with E-state index in [1.807, 2.05) is 12.1 Å². The second-order valence-electron chi connectivity index (χ2n) is 6.76. The van der Waals surface area contributed by atoms with Crippen LogP contribution in [0.15, 0.2) is 12.1 Å². The minimum Gasteiger partial charge on any atom is -0.493 e. The molecule has 1 aromatic rings. The van der Waals surface area contributed by atoms with Crippen molar-refractivity contribution in [1.82, 2.24) is 10.2 Å². The van der Waals surface area contributed by atoms with Crippen molar-refractivity contribution in [2.45, 2.75) is 19.9 Å². The van der Waals surface area contributed by atoms with E-state index in [4.69, 9.17) is 14.2 Å². The molecule has 25 heavy (non-hydrogen) atoms. The van der Waals surface area contributed by atoms with Crippen molar-refractivity contribution in [3.8, 4) is 17.2 Å². The number of hydrogen-bond acceptors (Lipinski definition) is 6. The summed E-state index contributed by atoms with van der Waals surface area (Å²) in [6.07, 6.45) is 0. The van der Waals surface area contributed by atoms with Crippen molar-refractivity contribution in [3.05, 3.63) is 17.7 Å². The fourth-order valence-corrected chi connectivity index (χ4v) is 3.48. The van der Waals surface area contributed by atoms with Crippen LogP contribution in [0.2, 0.25) is 0 Å². The van der Waals surface area contributed by atoms with Crippen LogP contribution in [0.3, 0.4) is 0 Å². The van der Waals surface area contributed by atoms with Gasteiger partial charge in [-0.25, -0.2) is 0 Å². The number of hydrogen-bond donors (Lipinski definition) is 2. The van der Waals surface area contributed by atoms with E-state index in [1.165, 1.54) is 0 Å². The summed E-state index contributed by atoms with van der Waals surface area (Å²) in [7, 11) is 4.87. The lowest BCUT2D eigenvalue weighted by atomic mass is 9.79. The molecule has 0 radical (unpaired) electrons. The van der Waals surface area contributed by atoms with Crippen molar-refractivity contribution < 1.29 is 19.3 Å². The largest absolute Gasteiger partial charge is 0.493 e. The molecule has 1 saturated heterocycles. The van der Waals surface area contributed by atoms with Gasteiger partial charge in [0.1, 0.15) is 0 Å². The van der Waals surface area contributed by atoms with Crippen molar-refractivity contribution >= 4 is 12.4 Å². The van der Waals surface area contributed by atoms with Gasteiger partial charge in [-0.05, 0) is 12.1 Å². The molecule has 0 aromatic heterocycles. The van der Waals surface area contributed by atoms with E-state index in [-0.39, 0.29) is 30.5 Å². The fourth-order valence-electron chi connectivity index (χ4n) is 3.48. The first-order valence-electron chi connectivity index (χ1n) is 8.34. The Hall–Kier alpha value is -1.21. The van der Waals surface area contributed by atoms with Gasteiger partial charge in [-0.15, -0.1) is 12.4 Å². The third kappa shape index (κ3) is 4.50. The predicted octanol–water partition coefficient (Wildman–Crippen LogP) is 2.10. The first kappa shape index (κ1) is 21.8. The van der Waals surface area contributed by atoms with Gasteiger partial charge in [0.25, 0.3) is 0 Å². The van der Waals surface area contributed by atoms with Crippen molar-refractivity contribution in [1.29, 1.82) is 0 Å². The Morgan fingerprint density at radius 2 is 1.68 bits per heavy atom. The molecule has 1 atom stereocenters. The molecule has 1 aliphatic rings. The topological polar surface area (TPSA) is 63.2 Å². The average molecular weight is 375 g/mol. The average Bonchev–Trinajstić information content (AvgIpc) is 2.61. The summed E-state index contributed by atoms with van der Waals surface area (Å²) in [5.41, 5.74) is 0.681. The maximum atomic E-state index is 10.0. The summed E-state index contributed by atoms with van der Waals surface area (Å²) in [5, 5.41) is 13.4. The number of nitrogens with one attached hydrogen (secondary N) is 1. The summed E-state index contributed by atoms with van der Waals surface area (Å²) < 4.78 is 16.6. The van der Waals surface area contributed by atoms with Crippen LogP contribution < -0.4 is 19.5 Å². The van der Waals surface area contributed by atoms with E-state index in [0.717, 1.165) is 31.7 Å². The highest BCUT2D eigenvalue weighted by atomic mass is 35.5. The number of methoxy groups -OCH3 is 3. The first-order valence-corrected chi connectivity index (χ1v) is 8.34. The highest BCUT2D eigenvalue weighted by molar-refractivity contribution is 5.85. The van der Waals surface area contributed by atoms with Crippen LogP contribution in [0, 0.1) is 5.41 Å². The second-order valence-corrected chi connectivity index (χ2v) is 6.76. The molecule has 2 rings (SSSR count). The standard InChI is InChI=1S/C18H30N2O4.ClH/c1-18(2,12-21)17(20-10-8-19-9-11-20)13-6-7-14(22-3)16(24-5)15(13)23-4;/h6-7,17,19,21H,8-12H2,1-5H3;1H/t17-;/m1./s1. The molecule has 1 aliphatic heterocycles. The molecule has 0 saturated carbocycles. The zero-order valence-corrected chi connectivity index (χ0v) is 16.6. The minimum atomic E-state index is -0.329. The van der Waals surface area contributed by atoms with Crippen molar-refractivity contribution in [2.24, 2.45) is 5.41 Å². The molecule has 1 heterocycles. The molecule has 2 N–H and O–H groups in total. The lowest BCUT2D eigenvalue weighted by molar-refractivity contribution is 0.0290. The molecule has 6 nitrogen and oxygen atoms in total. The summed E-state index contributed by atoms with van der Waals surface area (Å²) in [6.45, 7) is 7.96. The highest BCUT2D eigenvalue weighted by Gasteiger charge is 2.38. The molecule has 0 spiro atoms. The monoisotopic (exact) mass is 374 g/mol.